The van der Waals surface area contributed by atoms with Gasteiger partial charge in [0, 0.05) is 5.56 Å². The molecule has 0 aromatic heterocycles. The van der Waals surface area contributed by atoms with Gasteiger partial charge in [-0.15, -0.1) is 0 Å². The van der Waals surface area contributed by atoms with Crippen LogP contribution in [-0.4, -0.2) is 5.78 Å². The van der Waals surface area contributed by atoms with Gasteiger partial charge in [-0.2, -0.15) is 0 Å². The highest BCUT2D eigenvalue weighted by Crippen LogP contribution is 2.48. The van der Waals surface area contributed by atoms with Crippen molar-refractivity contribution in [2.24, 2.45) is 0 Å². The molecule has 0 bridgehead atoms. The number of rotatable bonds is 8. The lowest BCUT2D eigenvalue weighted by Crippen LogP contribution is -2.32. The Balaban J connectivity index is 2.05. The third-order valence-corrected chi connectivity index (χ3v) is 5.51. The summed E-state index contributed by atoms with van der Waals surface area (Å²) in [5, 5.41) is 2.45. The number of Topliss-reactive ketones (excluding diaryl/α,β-unsaturated/α-hetero) is 1. The first kappa shape index (κ1) is 16.2. The molecule has 0 aliphatic heterocycles. The van der Waals surface area contributed by atoms with E-state index in [4.69, 9.17) is 0 Å². The van der Waals surface area contributed by atoms with E-state index in [0.717, 1.165) is 31.2 Å². The van der Waals surface area contributed by atoms with Gasteiger partial charge in [0.1, 0.15) is 0 Å². The highest BCUT2D eigenvalue weighted by atomic mass is 16.1. The Morgan fingerprint density at radius 1 is 0.826 bits per heavy atom. The molecule has 0 radical (unpaired) electrons. The quantitative estimate of drug-likeness (QED) is 0.513. The summed E-state index contributed by atoms with van der Waals surface area (Å²) in [5.74, 6) is 0.386. The molecule has 0 amide bonds. The first-order valence-electron chi connectivity index (χ1n) is 9.31. The maximum atomic E-state index is 13.4. The van der Waals surface area contributed by atoms with Crippen LogP contribution in [0.15, 0.2) is 36.4 Å². The number of unbranched alkanes of at least 4 members (excludes halogenated alkanes) is 4. The van der Waals surface area contributed by atoms with Crippen molar-refractivity contribution in [1.29, 1.82) is 0 Å². The van der Waals surface area contributed by atoms with Gasteiger partial charge < -0.3 is 0 Å². The summed E-state index contributed by atoms with van der Waals surface area (Å²) < 4.78 is 0. The van der Waals surface area contributed by atoms with Gasteiger partial charge in [-0.25, -0.2) is 0 Å². The summed E-state index contributed by atoms with van der Waals surface area (Å²) >= 11 is 0. The minimum Gasteiger partial charge on any atom is -0.293 e. The van der Waals surface area contributed by atoms with Crippen LogP contribution in [0.1, 0.15) is 81.1 Å². The van der Waals surface area contributed by atoms with Crippen LogP contribution >= 0.6 is 0 Å². The lowest BCUT2D eigenvalue weighted by molar-refractivity contribution is 0.0870. The zero-order valence-corrected chi connectivity index (χ0v) is 14.5. The molecule has 2 aromatic rings. The molecule has 0 saturated heterocycles. The number of carbonyl (C=O) groups excluding carboxylic acids is 1. The maximum absolute atomic E-state index is 13.4. The molecule has 23 heavy (non-hydrogen) atoms. The molecule has 0 N–H and O–H groups in total. The number of carbonyl (C=O) groups is 1. The predicted molar refractivity (Wildman–Crippen MR) is 98.2 cm³/mol. The van der Waals surface area contributed by atoms with Crippen molar-refractivity contribution < 1.29 is 4.79 Å². The fourth-order valence-electron chi connectivity index (χ4n) is 4.28. The van der Waals surface area contributed by atoms with Crippen LogP contribution in [0.2, 0.25) is 0 Å². The lowest BCUT2D eigenvalue weighted by Gasteiger charge is -2.29. The van der Waals surface area contributed by atoms with Crippen LogP contribution in [0.25, 0.3) is 10.8 Å². The fourth-order valence-corrected chi connectivity index (χ4v) is 4.28. The Kier molecular flexibility index (Phi) is 4.84. The second-order valence-electron chi connectivity index (χ2n) is 7.03. The molecular formula is C22H28O. The minimum absolute atomic E-state index is 0.256. The Labute approximate surface area is 140 Å². The number of hydrogen-bond donors (Lipinski definition) is 0. The Bertz CT molecular complexity index is 683. The standard InChI is InChI=1S/C22H28O/c1-3-5-7-15-22(16-8-6-4-2)19-14-10-12-17-11-9-13-18(20(17)19)21(22)23/h9-14H,3-8,15-16H2,1-2H3. The van der Waals surface area contributed by atoms with Crippen molar-refractivity contribution >= 4 is 16.6 Å². The van der Waals surface area contributed by atoms with E-state index in [9.17, 15) is 4.79 Å². The summed E-state index contributed by atoms with van der Waals surface area (Å²) in [6, 6.07) is 12.7. The smallest absolute Gasteiger partial charge is 0.174 e. The second kappa shape index (κ2) is 6.86. The number of ketones is 1. The summed E-state index contributed by atoms with van der Waals surface area (Å²) in [5.41, 5.74) is 2.02. The molecule has 1 aliphatic carbocycles. The van der Waals surface area contributed by atoms with Gasteiger partial charge >= 0.3 is 0 Å². The zero-order valence-electron chi connectivity index (χ0n) is 14.5. The number of hydrogen-bond acceptors (Lipinski definition) is 1. The lowest BCUT2D eigenvalue weighted by atomic mass is 9.72. The largest absolute Gasteiger partial charge is 0.293 e. The first-order valence-corrected chi connectivity index (χ1v) is 9.31. The molecule has 0 unspecified atom stereocenters. The summed E-state index contributed by atoms with van der Waals surface area (Å²) in [7, 11) is 0. The molecule has 1 aliphatic rings. The monoisotopic (exact) mass is 308 g/mol. The van der Waals surface area contributed by atoms with Crippen LogP contribution in [-0.2, 0) is 5.41 Å². The highest BCUT2D eigenvalue weighted by molar-refractivity contribution is 6.20. The van der Waals surface area contributed by atoms with Crippen LogP contribution in [0.5, 0.6) is 0 Å². The van der Waals surface area contributed by atoms with Crippen LogP contribution < -0.4 is 0 Å². The molecule has 0 fully saturated rings. The molecule has 1 nitrogen and oxygen atoms in total. The van der Waals surface area contributed by atoms with E-state index in [0.29, 0.717) is 5.78 Å². The van der Waals surface area contributed by atoms with Crippen molar-refractivity contribution in [3.8, 4) is 0 Å². The second-order valence-corrected chi connectivity index (χ2v) is 7.03. The SMILES string of the molecule is CCCCCC1(CCCCC)C(=O)c2cccc3cccc1c23. The third-order valence-electron chi connectivity index (χ3n) is 5.51. The molecule has 0 saturated carbocycles. The van der Waals surface area contributed by atoms with E-state index in [1.165, 1.54) is 42.0 Å². The number of benzene rings is 2. The fraction of sp³-hybridized carbons (Fsp3) is 0.500. The van der Waals surface area contributed by atoms with Gasteiger partial charge in [-0.3, -0.25) is 4.79 Å². The molecule has 0 heterocycles. The van der Waals surface area contributed by atoms with E-state index in [1.54, 1.807) is 0 Å². The van der Waals surface area contributed by atoms with E-state index in [-0.39, 0.29) is 5.41 Å². The van der Waals surface area contributed by atoms with Gasteiger partial charge in [-0.1, -0.05) is 88.8 Å². The van der Waals surface area contributed by atoms with Gasteiger partial charge in [0.25, 0.3) is 0 Å². The van der Waals surface area contributed by atoms with Gasteiger partial charge in [0.2, 0.25) is 0 Å². The van der Waals surface area contributed by atoms with Gasteiger partial charge in [0.15, 0.2) is 5.78 Å². The van der Waals surface area contributed by atoms with Crippen molar-refractivity contribution in [3.05, 3.63) is 47.5 Å². The Morgan fingerprint density at radius 2 is 1.43 bits per heavy atom. The Hall–Kier alpha value is -1.63. The third kappa shape index (κ3) is 2.71. The molecule has 1 heteroatoms. The van der Waals surface area contributed by atoms with E-state index < -0.39 is 0 Å². The molecular weight excluding hydrogens is 280 g/mol. The van der Waals surface area contributed by atoms with Crippen LogP contribution in [0.4, 0.5) is 0 Å². The summed E-state index contributed by atoms with van der Waals surface area (Å²) in [6.07, 6.45) is 9.17. The molecule has 0 spiro atoms. The molecule has 0 atom stereocenters. The van der Waals surface area contributed by atoms with Gasteiger partial charge in [-0.05, 0) is 29.2 Å². The topological polar surface area (TPSA) is 17.1 Å². The van der Waals surface area contributed by atoms with E-state index in [2.05, 4.69) is 38.1 Å². The maximum Gasteiger partial charge on any atom is 0.174 e. The minimum atomic E-state index is -0.256. The van der Waals surface area contributed by atoms with Crippen molar-refractivity contribution in [3.63, 3.8) is 0 Å². The Morgan fingerprint density at radius 3 is 2.04 bits per heavy atom. The summed E-state index contributed by atoms with van der Waals surface area (Å²) in [6.45, 7) is 4.46. The van der Waals surface area contributed by atoms with Gasteiger partial charge in [0.05, 0.1) is 5.41 Å². The van der Waals surface area contributed by atoms with Crippen molar-refractivity contribution in [2.75, 3.05) is 0 Å². The normalized spacial score (nSPS) is 15.5. The van der Waals surface area contributed by atoms with Crippen molar-refractivity contribution in [1.82, 2.24) is 0 Å². The zero-order chi connectivity index (χ0) is 16.3. The molecule has 3 rings (SSSR count). The molecule has 122 valence electrons. The predicted octanol–water partition coefficient (Wildman–Crippen LogP) is 6.43. The average molecular weight is 308 g/mol. The van der Waals surface area contributed by atoms with Crippen LogP contribution in [0, 0.1) is 0 Å². The van der Waals surface area contributed by atoms with Crippen molar-refractivity contribution in [2.45, 2.75) is 70.6 Å². The van der Waals surface area contributed by atoms with E-state index in [1.807, 2.05) is 12.1 Å². The highest BCUT2D eigenvalue weighted by Gasteiger charge is 2.45. The van der Waals surface area contributed by atoms with E-state index >= 15 is 0 Å². The molecule has 2 aromatic carbocycles. The van der Waals surface area contributed by atoms with Crippen LogP contribution in [0.3, 0.4) is 0 Å². The average Bonchev–Trinajstić information content (AvgIpc) is 2.81. The first-order chi connectivity index (χ1) is 11.2. The summed E-state index contributed by atoms with van der Waals surface area (Å²) in [4.78, 5) is 13.4.